The molecule has 0 bridgehead atoms. The van der Waals surface area contributed by atoms with E-state index in [1.54, 1.807) is 21.8 Å². The molecule has 0 radical (unpaired) electrons. The molecular formula is C10H13N5. The third kappa shape index (κ3) is 2.25. The second-order valence-electron chi connectivity index (χ2n) is 3.24. The summed E-state index contributed by atoms with van der Waals surface area (Å²) in [6.45, 7) is 4.34. The van der Waals surface area contributed by atoms with Crippen LogP contribution in [0.25, 0.3) is 6.20 Å². The monoisotopic (exact) mass is 203 g/mol. The molecule has 2 rings (SSSR count). The third-order valence-corrected chi connectivity index (χ3v) is 2.03. The number of hydrogen-bond donors (Lipinski definition) is 1. The van der Waals surface area contributed by atoms with Crippen LogP contribution in [0.1, 0.15) is 5.56 Å². The summed E-state index contributed by atoms with van der Waals surface area (Å²) >= 11 is 0. The average molecular weight is 203 g/mol. The molecule has 0 saturated heterocycles. The molecule has 0 aliphatic heterocycles. The van der Waals surface area contributed by atoms with Crippen LogP contribution in [0.4, 0.5) is 5.82 Å². The first-order chi connectivity index (χ1) is 7.28. The fourth-order valence-electron chi connectivity index (χ4n) is 1.27. The van der Waals surface area contributed by atoms with Crippen molar-refractivity contribution in [2.24, 2.45) is 7.05 Å². The minimum Gasteiger partial charge on any atom is -0.364 e. The topological polar surface area (TPSA) is 47.7 Å². The van der Waals surface area contributed by atoms with Gasteiger partial charge in [0.05, 0.1) is 6.20 Å². The predicted molar refractivity (Wildman–Crippen MR) is 59.1 cm³/mol. The lowest BCUT2D eigenvalue weighted by molar-refractivity contribution is 0.768. The van der Waals surface area contributed by atoms with Gasteiger partial charge in [-0.2, -0.15) is 10.2 Å². The summed E-state index contributed by atoms with van der Waals surface area (Å²) in [4.78, 5) is 0. The van der Waals surface area contributed by atoms with Gasteiger partial charge in [0, 0.05) is 43.8 Å². The van der Waals surface area contributed by atoms with E-state index in [2.05, 4.69) is 22.1 Å². The molecule has 0 unspecified atom stereocenters. The van der Waals surface area contributed by atoms with Crippen molar-refractivity contribution in [3.05, 3.63) is 36.8 Å². The van der Waals surface area contributed by atoms with E-state index in [0.29, 0.717) is 6.54 Å². The van der Waals surface area contributed by atoms with Gasteiger partial charge in [-0.1, -0.05) is 6.58 Å². The van der Waals surface area contributed by atoms with Crippen LogP contribution in [-0.4, -0.2) is 19.6 Å². The standard InChI is InChI=1S/C10H13N5/c1-3-15-8-9(7-12-15)6-11-10-4-5-14(2)13-10/h3-5,7-8H,1,6H2,2H3,(H,11,13). The number of hydrogen-bond acceptors (Lipinski definition) is 3. The molecule has 2 heterocycles. The fourth-order valence-corrected chi connectivity index (χ4v) is 1.27. The number of nitrogens with zero attached hydrogens (tertiary/aromatic N) is 4. The predicted octanol–water partition coefficient (Wildman–Crippen LogP) is 1.33. The first-order valence-electron chi connectivity index (χ1n) is 4.67. The van der Waals surface area contributed by atoms with Gasteiger partial charge in [-0.3, -0.25) is 4.68 Å². The number of aryl methyl sites for hydroxylation is 1. The smallest absolute Gasteiger partial charge is 0.148 e. The first-order valence-corrected chi connectivity index (χ1v) is 4.67. The van der Waals surface area contributed by atoms with Crippen molar-refractivity contribution in [1.82, 2.24) is 19.6 Å². The summed E-state index contributed by atoms with van der Waals surface area (Å²) in [5.41, 5.74) is 1.10. The molecule has 2 aromatic rings. The van der Waals surface area contributed by atoms with Gasteiger partial charge in [-0.25, -0.2) is 4.68 Å². The van der Waals surface area contributed by atoms with Crippen LogP contribution in [0.3, 0.4) is 0 Å². The molecule has 15 heavy (non-hydrogen) atoms. The molecule has 0 aromatic carbocycles. The SMILES string of the molecule is C=Cn1cc(CNc2ccn(C)n2)cn1. The molecule has 1 N–H and O–H groups in total. The van der Waals surface area contributed by atoms with E-state index in [1.807, 2.05) is 25.5 Å². The zero-order chi connectivity index (χ0) is 10.7. The number of nitrogens with one attached hydrogen (secondary N) is 1. The van der Waals surface area contributed by atoms with Gasteiger partial charge in [0.2, 0.25) is 0 Å². The van der Waals surface area contributed by atoms with Crippen LogP contribution in [0.2, 0.25) is 0 Å². The Balaban J connectivity index is 1.95. The quantitative estimate of drug-likeness (QED) is 0.815. The summed E-state index contributed by atoms with van der Waals surface area (Å²) in [5, 5.41) is 11.5. The molecule has 78 valence electrons. The maximum absolute atomic E-state index is 4.21. The van der Waals surface area contributed by atoms with Crippen molar-refractivity contribution in [1.29, 1.82) is 0 Å². The van der Waals surface area contributed by atoms with Gasteiger partial charge in [-0.15, -0.1) is 0 Å². The Hall–Kier alpha value is -2.04. The lowest BCUT2D eigenvalue weighted by atomic mass is 10.3. The van der Waals surface area contributed by atoms with Crippen LogP contribution in [0, 0.1) is 0 Å². The molecule has 2 aromatic heterocycles. The van der Waals surface area contributed by atoms with Gasteiger partial charge in [0.25, 0.3) is 0 Å². The summed E-state index contributed by atoms with van der Waals surface area (Å²) in [7, 11) is 1.89. The van der Waals surface area contributed by atoms with Gasteiger partial charge < -0.3 is 5.32 Å². The highest BCUT2D eigenvalue weighted by atomic mass is 15.3. The van der Waals surface area contributed by atoms with Crippen LogP contribution in [-0.2, 0) is 13.6 Å². The average Bonchev–Trinajstić information content (AvgIpc) is 2.83. The van der Waals surface area contributed by atoms with Crippen LogP contribution < -0.4 is 5.32 Å². The van der Waals surface area contributed by atoms with Crippen molar-refractivity contribution in [3.8, 4) is 0 Å². The molecule has 0 fully saturated rings. The largest absolute Gasteiger partial charge is 0.364 e. The zero-order valence-electron chi connectivity index (χ0n) is 8.59. The zero-order valence-corrected chi connectivity index (χ0v) is 8.59. The Bertz CT molecular complexity index is 454. The van der Waals surface area contributed by atoms with Crippen LogP contribution in [0.5, 0.6) is 0 Å². The molecule has 0 aliphatic rings. The normalized spacial score (nSPS) is 10.2. The van der Waals surface area contributed by atoms with Crippen molar-refractivity contribution in [2.45, 2.75) is 6.54 Å². The molecular weight excluding hydrogens is 190 g/mol. The van der Waals surface area contributed by atoms with E-state index in [4.69, 9.17) is 0 Å². The third-order valence-electron chi connectivity index (χ3n) is 2.03. The number of rotatable bonds is 4. The maximum atomic E-state index is 4.21. The summed E-state index contributed by atoms with van der Waals surface area (Å²) in [6, 6.07) is 1.93. The van der Waals surface area contributed by atoms with Crippen molar-refractivity contribution >= 4 is 12.0 Å². The molecule has 0 aliphatic carbocycles. The van der Waals surface area contributed by atoms with E-state index in [9.17, 15) is 0 Å². The lowest BCUT2D eigenvalue weighted by Gasteiger charge is -1.98. The highest BCUT2D eigenvalue weighted by molar-refractivity contribution is 5.33. The summed E-state index contributed by atoms with van der Waals surface area (Å²) in [6.07, 6.45) is 7.28. The van der Waals surface area contributed by atoms with Crippen molar-refractivity contribution in [3.63, 3.8) is 0 Å². The molecule has 0 atom stereocenters. The minimum atomic E-state index is 0.713. The van der Waals surface area contributed by atoms with Crippen LogP contribution >= 0.6 is 0 Å². The maximum Gasteiger partial charge on any atom is 0.148 e. The van der Waals surface area contributed by atoms with E-state index < -0.39 is 0 Å². The van der Waals surface area contributed by atoms with Crippen LogP contribution in [0.15, 0.2) is 31.2 Å². The lowest BCUT2D eigenvalue weighted by Crippen LogP contribution is -1.99. The molecule has 0 saturated carbocycles. The van der Waals surface area contributed by atoms with Crippen molar-refractivity contribution in [2.75, 3.05) is 5.32 Å². The Labute approximate surface area is 88.0 Å². The summed E-state index contributed by atoms with van der Waals surface area (Å²) < 4.78 is 3.44. The van der Waals surface area contributed by atoms with Crippen molar-refractivity contribution < 1.29 is 0 Å². The van der Waals surface area contributed by atoms with Gasteiger partial charge in [-0.05, 0) is 0 Å². The second-order valence-corrected chi connectivity index (χ2v) is 3.24. The fraction of sp³-hybridized carbons (Fsp3) is 0.200. The molecule has 0 amide bonds. The first kappa shape index (κ1) is 9.51. The number of anilines is 1. The van der Waals surface area contributed by atoms with Gasteiger partial charge in [0.15, 0.2) is 0 Å². The van der Waals surface area contributed by atoms with Gasteiger partial charge >= 0.3 is 0 Å². The molecule has 5 nitrogen and oxygen atoms in total. The van der Waals surface area contributed by atoms with E-state index >= 15 is 0 Å². The molecule has 0 spiro atoms. The highest BCUT2D eigenvalue weighted by Crippen LogP contribution is 2.05. The van der Waals surface area contributed by atoms with E-state index in [1.165, 1.54) is 0 Å². The van der Waals surface area contributed by atoms with Gasteiger partial charge in [0.1, 0.15) is 5.82 Å². The Kier molecular flexibility index (Phi) is 2.53. The number of aromatic nitrogens is 4. The minimum absolute atomic E-state index is 0.713. The van der Waals surface area contributed by atoms with E-state index in [0.717, 1.165) is 11.4 Å². The second kappa shape index (κ2) is 4.00. The Morgan fingerprint density at radius 3 is 3.07 bits per heavy atom. The molecule has 5 heteroatoms. The summed E-state index contributed by atoms with van der Waals surface area (Å²) in [5.74, 6) is 0.865. The highest BCUT2D eigenvalue weighted by Gasteiger charge is 1.98. The Morgan fingerprint density at radius 1 is 1.60 bits per heavy atom. The van der Waals surface area contributed by atoms with E-state index in [-0.39, 0.29) is 0 Å². The Morgan fingerprint density at radius 2 is 2.47 bits per heavy atom.